The number of carbonyl (C=O) groups excluding carboxylic acids is 1. The van der Waals surface area contributed by atoms with Crippen LogP contribution in [-0.2, 0) is 4.79 Å². The van der Waals surface area contributed by atoms with Gasteiger partial charge in [0.25, 0.3) is 5.69 Å². The fourth-order valence-corrected chi connectivity index (χ4v) is 3.77. The zero-order valence-electron chi connectivity index (χ0n) is 17.4. The third kappa shape index (κ3) is 4.37. The minimum Gasteiger partial charge on any atom is -0.354 e. The number of nitro benzene ring substituents is 1. The highest BCUT2D eigenvalue weighted by atomic mass is 16.6. The van der Waals surface area contributed by atoms with Crippen molar-refractivity contribution in [3.8, 4) is 5.82 Å². The number of anilines is 2. The molecule has 3 aromatic rings. The van der Waals surface area contributed by atoms with E-state index in [1.54, 1.807) is 19.2 Å². The molecule has 0 radical (unpaired) electrons. The number of piperidine rings is 1. The maximum Gasteiger partial charge on any atom is 0.269 e. The monoisotopic (exact) mass is 421 g/mol. The summed E-state index contributed by atoms with van der Waals surface area (Å²) in [4.78, 5) is 29.6. The molecule has 0 saturated carbocycles. The summed E-state index contributed by atoms with van der Waals surface area (Å²) in [6.07, 6.45) is 5.18. The largest absolute Gasteiger partial charge is 0.354 e. The molecule has 4 rings (SSSR count). The Bertz CT molecular complexity index is 1110. The van der Waals surface area contributed by atoms with Gasteiger partial charge in [0.05, 0.1) is 10.8 Å². The van der Waals surface area contributed by atoms with Crippen LogP contribution in [0, 0.1) is 29.9 Å². The molecule has 1 unspecified atom stereocenters. The quantitative estimate of drug-likeness (QED) is 0.497. The Labute approximate surface area is 179 Å². The number of benzene rings is 1. The van der Waals surface area contributed by atoms with E-state index in [0.717, 1.165) is 31.0 Å². The van der Waals surface area contributed by atoms with Crippen LogP contribution in [0.2, 0.25) is 0 Å². The van der Waals surface area contributed by atoms with Gasteiger partial charge in [-0.15, -0.1) is 10.2 Å². The predicted octanol–water partition coefficient (Wildman–Crippen LogP) is 3.04. The minimum absolute atomic E-state index is 0.00671. The van der Waals surface area contributed by atoms with Gasteiger partial charge in [0.15, 0.2) is 11.6 Å². The molecular weight excluding hydrogens is 398 g/mol. The average Bonchev–Trinajstić information content (AvgIpc) is 3.21. The lowest BCUT2D eigenvalue weighted by Gasteiger charge is -2.32. The van der Waals surface area contributed by atoms with Crippen LogP contribution >= 0.6 is 0 Å². The highest BCUT2D eigenvalue weighted by Crippen LogP contribution is 2.25. The Balaban J connectivity index is 1.43. The van der Waals surface area contributed by atoms with Crippen LogP contribution in [0.3, 0.4) is 0 Å². The van der Waals surface area contributed by atoms with Crippen LogP contribution in [0.15, 0.2) is 42.7 Å². The van der Waals surface area contributed by atoms with E-state index in [1.165, 1.54) is 12.1 Å². The van der Waals surface area contributed by atoms with E-state index >= 15 is 0 Å². The van der Waals surface area contributed by atoms with Crippen molar-refractivity contribution in [2.45, 2.75) is 26.7 Å². The summed E-state index contributed by atoms with van der Waals surface area (Å²) in [5, 5.41) is 22.5. The Morgan fingerprint density at radius 2 is 1.97 bits per heavy atom. The first kappa shape index (κ1) is 20.5. The molecule has 1 N–H and O–H groups in total. The summed E-state index contributed by atoms with van der Waals surface area (Å²) >= 11 is 0. The van der Waals surface area contributed by atoms with E-state index in [0.29, 0.717) is 23.6 Å². The first-order chi connectivity index (χ1) is 14.9. The van der Waals surface area contributed by atoms with Gasteiger partial charge in [-0.3, -0.25) is 19.5 Å². The fourth-order valence-electron chi connectivity index (χ4n) is 3.77. The van der Waals surface area contributed by atoms with Gasteiger partial charge in [-0.2, -0.15) is 0 Å². The number of imidazole rings is 1. The average molecular weight is 421 g/mol. The molecule has 10 nitrogen and oxygen atoms in total. The Kier molecular flexibility index (Phi) is 5.61. The van der Waals surface area contributed by atoms with Crippen molar-refractivity contribution in [3.63, 3.8) is 0 Å². The molecule has 2 aromatic heterocycles. The molecule has 1 atom stereocenters. The molecule has 0 bridgehead atoms. The lowest BCUT2D eigenvalue weighted by atomic mass is 9.97. The number of carbonyl (C=O) groups is 1. The number of amides is 1. The van der Waals surface area contributed by atoms with Gasteiger partial charge in [0, 0.05) is 43.3 Å². The molecule has 1 fully saturated rings. The first-order valence-electron chi connectivity index (χ1n) is 10.1. The third-order valence-corrected chi connectivity index (χ3v) is 5.50. The van der Waals surface area contributed by atoms with Gasteiger partial charge in [-0.1, -0.05) is 0 Å². The number of hydrogen-bond donors (Lipinski definition) is 1. The first-order valence-corrected chi connectivity index (χ1v) is 10.1. The molecule has 1 amide bonds. The number of aromatic nitrogens is 4. The van der Waals surface area contributed by atoms with Gasteiger partial charge < -0.3 is 10.2 Å². The molecule has 0 spiro atoms. The van der Waals surface area contributed by atoms with Crippen LogP contribution in [0.25, 0.3) is 5.82 Å². The lowest BCUT2D eigenvalue weighted by molar-refractivity contribution is -0.384. The summed E-state index contributed by atoms with van der Waals surface area (Å²) in [5.74, 6) is 1.95. The van der Waals surface area contributed by atoms with Gasteiger partial charge in [0.2, 0.25) is 5.91 Å². The van der Waals surface area contributed by atoms with E-state index in [2.05, 4.69) is 25.4 Å². The summed E-state index contributed by atoms with van der Waals surface area (Å²) in [6.45, 7) is 4.99. The molecule has 0 aliphatic carbocycles. The molecule has 1 aliphatic rings. The van der Waals surface area contributed by atoms with E-state index in [4.69, 9.17) is 0 Å². The smallest absolute Gasteiger partial charge is 0.269 e. The second-order valence-corrected chi connectivity index (χ2v) is 7.62. The van der Waals surface area contributed by atoms with Crippen LogP contribution in [0.4, 0.5) is 17.2 Å². The van der Waals surface area contributed by atoms with Crippen LogP contribution < -0.4 is 10.2 Å². The van der Waals surface area contributed by atoms with Crippen LogP contribution in [0.1, 0.15) is 24.2 Å². The standard InChI is InChI=1S/C21H23N7O3/c1-14-12-17(28(30)31)5-6-18(14)23-21(29)16-4-3-10-26(13-16)19-7-8-20(25-24-19)27-11-9-22-15(27)2/h5-9,11-12,16H,3-4,10,13H2,1-2H3,(H,23,29). The number of rotatable bonds is 5. The summed E-state index contributed by atoms with van der Waals surface area (Å²) in [5.41, 5.74) is 1.26. The third-order valence-electron chi connectivity index (χ3n) is 5.50. The zero-order valence-corrected chi connectivity index (χ0v) is 17.4. The van der Waals surface area contributed by atoms with Crippen molar-refractivity contribution in [1.82, 2.24) is 19.7 Å². The minimum atomic E-state index is -0.446. The van der Waals surface area contributed by atoms with E-state index in [9.17, 15) is 14.9 Å². The highest BCUT2D eigenvalue weighted by Gasteiger charge is 2.27. The Morgan fingerprint density at radius 1 is 1.19 bits per heavy atom. The van der Waals surface area contributed by atoms with Crippen molar-refractivity contribution >= 4 is 23.1 Å². The van der Waals surface area contributed by atoms with Crippen LogP contribution in [-0.4, -0.2) is 43.7 Å². The van der Waals surface area contributed by atoms with Crippen molar-refractivity contribution in [2.75, 3.05) is 23.3 Å². The lowest BCUT2D eigenvalue weighted by Crippen LogP contribution is -2.41. The van der Waals surface area contributed by atoms with Gasteiger partial charge in [0.1, 0.15) is 5.82 Å². The molecule has 31 heavy (non-hydrogen) atoms. The maximum atomic E-state index is 12.8. The van der Waals surface area contributed by atoms with Crippen molar-refractivity contribution in [2.24, 2.45) is 5.92 Å². The van der Waals surface area contributed by atoms with Crippen molar-refractivity contribution < 1.29 is 9.72 Å². The number of nitro groups is 1. The van der Waals surface area contributed by atoms with E-state index in [-0.39, 0.29) is 17.5 Å². The Morgan fingerprint density at radius 3 is 2.61 bits per heavy atom. The second-order valence-electron chi connectivity index (χ2n) is 7.62. The van der Waals surface area contributed by atoms with Crippen molar-refractivity contribution in [1.29, 1.82) is 0 Å². The molecule has 10 heteroatoms. The normalized spacial score (nSPS) is 16.2. The summed E-state index contributed by atoms with van der Waals surface area (Å²) in [6, 6.07) is 8.23. The molecule has 3 heterocycles. The van der Waals surface area contributed by atoms with E-state index in [1.807, 2.05) is 29.8 Å². The maximum absolute atomic E-state index is 12.8. The van der Waals surface area contributed by atoms with Gasteiger partial charge in [-0.05, 0) is 50.5 Å². The molecular formula is C21H23N7O3. The summed E-state index contributed by atoms with van der Waals surface area (Å²) < 4.78 is 1.86. The molecule has 1 aliphatic heterocycles. The highest BCUT2D eigenvalue weighted by molar-refractivity contribution is 5.93. The van der Waals surface area contributed by atoms with Crippen LogP contribution in [0.5, 0.6) is 0 Å². The second kappa shape index (κ2) is 8.50. The summed E-state index contributed by atoms with van der Waals surface area (Å²) in [7, 11) is 0. The van der Waals surface area contributed by atoms with Crippen molar-refractivity contribution in [3.05, 3.63) is 64.2 Å². The van der Waals surface area contributed by atoms with Gasteiger partial charge in [-0.25, -0.2) is 4.98 Å². The van der Waals surface area contributed by atoms with E-state index < -0.39 is 4.92 Å². The zero-order chi connectivity index (χ0) is 22.0. The van der Waals surface area contributed by atoms with Gasteiger partial charge >= 0.3 is 0 Å². The number of nitrogens with one attached hydrogen (secondary N) is 1. The molecule has 1 aromatic carbocycles. The number of aryl methyl sites for hydroxylation is 2. The predicted molar refractivity (Wildman–Crippen MR) is 115 cm³/mol. The fraction of sp³-hybridized carbons (Fsp3) is 0.333. The molecule has 1 saturated heterocycles. The number of non-ortho nitro benzene ring substituents is 1. The number of nitrogens with zero attached hydrogens (tertiary/aromatic N) is 6. The SMILES string of the molecule is Cc1cc([N+](=O)[O-])ccc1NC(=O)C1CCCN(c2ccc(-n3ccnc3C)nn2)C1. The molecule has 160 valence electrons. The Hall–Kier alpha value is -3.82. The topological polar surface area (TPSA) is 119 Å². The number of hydrogen-bond acceptors (Lipinski definition) is 7.